The Kier molecular flexibility index (Phi) is 5.77. The molecule has 0 saturated heterocycles. The van der Waals surface area contributed by atoms with Gasteiger partial charge in [0, 0.05) is 13.1 Å². The lowest BCUT2D eigenvalue weighted by Crippen LogP contribution is -2.45. The minimum atomic E-state index is -0.286. The highest BCUT2D eigenvalue weighted by atomic mass is 16.3. The molecule has 1 aliphatic rings. The van der Waals surface area contributed by atoms with Crippen LogP contribution in [0.15, 0.2) is 0 Å². The second kappa shape index (κ2) is 6.86. The Morgan fingerprint density at radius 2 is 2.19 bits per heavy atom. The fourth-order valence-corrected chi connectivity index (χ4v) is 1.58. The van der Waals surface area contributed by atoms with Crippen LogP contribution < -0.4 is 10.6 Å². The maximum absolute atomic E-state index is 11.6. The van der Waals surface area contributed by atoms with Crippen molar-refractivity contribution < 1.29 is 9.90 Å². The van der Waals surface area contributed by atoms with Crippen LogP contribution in [0.5, 0.6) is 0 Å². The Bertz CT molecular complexity index is 217. The number of rotatable bonds is 8. The number of aliphatic hydroxyl groups excluding tert-OH is 1. The highest BCUT2D eigenvalue weighted by molar-refractivity contribution is 5.81. The first-order chi connectivity index (χ1) is 7.65. The second-order valence-electron chi connectivity index (χ2n) is 4.68. The van der Waals surface area contributed by atoms with Gasteiger partial charge in [0.15, 0.2) is 0 Å². The molecule has 0 bridgehead atoms. The maximum atomic E-state index is 11.6. The van der Waals surface area contributed by atoms with Gasteiger partial charge in [-0.15, -0.1) is 0 Å². The molecule has 1 rings (SSSR count). The van der Waals surface area contributed by atoms with Gasteiger partial charge in [-0.25, -0.2) is 0 Å². The van der Waals surface area contributed by atoms with Crippen molar-refractivity contribution in [2.75, 3.05) is 13.1 Å². The van der Waals surface area contributed by atoms with Gasteiger partial charge >= 0.3 is 0 Å². The number of carbonyl (C=O) groups excluding carboxylic acids is 1. The number of hydrogen-bond acceptors (Lipinski definition) is 3. The van der Waals surface area contributed by atoms with Crippen LogP contribution >= 0.6 is 0 Å². The van der Waals surface area contributed by atoms with E-state index in [1.165, 1.54) is 0 Å². The summed E-state index contributed by atoms with van der Waals surface area (Å²) in [7, 11) is 0. The van der Waals surface area contributed by atoms with Crippen LogP contribution in [0.3, 0.4) is 0 Å². The van der Waals surface area contributed by atoms with Gasteiger partial charge in [0.2, 0.25) is 5.91 Å². The lowest BCUT2D eigenvalue weighted by molar-refractivity contribution is -0.122. The number of carbonyl (C=O) groups is 1. The van der Waals surface area contributed by atoms with E-state index in [0.717, 1.165) is 32.2 Å². The van der Waals surface area contributed by atoms with E-state index in [1.54, 1.807) is 0 Å². The standard InChI is InChI=1S/C12H24N2O2/c1-3-4-7-13-12(16)9(2)14-8-11(15)10-5-6-10/h9-11,14-15H,3-8H2,1-2H3,(H,13,16). The zero-order chi connectivity index (χ0) is 12.0. The molecule has 0 radical (unpaired) electrons. The molecule has 4 nitrogen and oxygen atoms in total. The van der Waals surface area contributed by atoms with Gasteiger partial charge in [0.05, 0.1) is 12.1 Å². The molecule has 0 heterocycles. The first kappa shape index (κ1) is 13.5. The van der Waals surface area contributed by atoms with Crippen LogP contribution in [-0.4, -0.2) is 36.2 Å². The summed E-state index contributed by atoms with van der Waals surface area (Å²) in [5.74, 6) is 0.485. The zero-order valence-corrected chi connectivity index (χ0v) is 10.3. The average Bonchev–Trinajstić information content (AvgIpc) is 3.09. The summed E-state index contributed by atoms with van der Waals surface area (Å²) >= 11 is 0. The van der Waals surface area contributed by atoms with Gasteiger partial charge in [-0.2, -0.15) is 0 Å². The van der Waals surface area contributed by atoms with Crippen LogP contribution in [0.2, 0.25) is 0 Å². The fourth-order valence-electron chi connectivity index (χ4n) is 1.58. The topological polar surface area (TPSA) is 61.4 Å². The van der Waals surface area contributed by atoms with Crippen molar-refractivity contribution >= 4 is 5.91 Å². The highest BCUT2D eigenvalue weighted by Gasteiger charge is 2.29. The molecule has 1 saturated carbocycles. The van der Waals surface area contributed by atoms with Crippen LogP contribution in [0.4, 0.5) is 0 Å². The van der Waals surface area contributed by atoms with Crippen LogP contribution in [0.1, 0.15) is 39.5 Å². The average molecular weight is 228 g/mol. The number of aliphatic hydroxyl groups is 1. The lowest BCUT2D eigenvalue weighted by Gasteiger charge is -2.16. The van der Waals surface area contributed by atoms with Gasteiger partial charge in [-0.3, -0.25) is 4.79 Å². The second-order valence-corrected chi connectivity index (χ2v) is 4.68. The molecule has 4 heteroatoms. The van der Waals surface area contributed by atoms with Crippen LogP contribution in [-0.2, 0) is 4.79 Å². The third-order valence-electron chi connectivity index (χ3n) is 3.02. The van der Waals surface area contributed by atoms with E-state index in [9.17, 15) is 9.90 Å². The van der Waals surface area contributed by atoms with Crippen molar-refractivity contribution in [3.63, 3.8) is 0 Å². The number of unbranched alkanes of at least 4 members (excludes halogenated alkanes) is 1. The van der Waals surface area contributed by atoms with E-state index in [4.69, 9.17) is 0 Å². The number of hydrogen-bond donors (Lipinski definition) is 3. The van der Waals surface area contributed by atoms with Crippen molar-refractivity contribution in [3.8, 4) is 0 Å². The van der Waals surface area contributed by atoms with E-state index < -0.39 is 0 Å². The van der Waals surface area contributed by atoms with E-state index in [1.807, 2.05) is 6.92 Å². The molecule has 2 unspecified atom stereocenters. The summed E-state index contributed by atoms with van der Waals surface area (Å²) in [5.41, 5.74) is 0. The first-order valence-electron chi connectivity index (χ1n) is 6.34. The number of nitrogens with one attached hydrogen (secondary N) is 2. The summed E-state index contributed by atoms with van der Waals surface area (Å²) in [6.07, 6.45) is 4.07. The summed E-state index contributed by atoms with van der Waals surface area (Å²) in [6.45, 7) is 5.19. The van der Waals surface area contributed by atoms with E-state index in [2.05, 4.69) is 17.6 Å². The quantitative estimate of drug-likeness (QED) is 0.535. The molecule has 0 aromatic carbocycles. The van der Waals surface area contributed by atoms with Crippen molar-refractivity contribution in [2.45, 2.75) is 51.7 Å². The largest absolute Gasteiger partial charge is 0.392 e. The van der Waals surface area contributed by atoms with E-state index >= 15 is 0 Å². The predicted octanol–water partition coefficient (Wildman–Crippen LogP) is 0.652. The minimum Gasteiger partial charge on any atom is -0.392 e. The molecule has 0 aromatic rings. The molecule has 2 atom stereocenters. The summed E-state index contributed by atoms with van der Waals surface area (Å²) < 4.78 is 0. The first-order valence-corrected chi connectivity index (χ1v) is 6.34. The molecule has 16 heavy (non-hydrogen) atoms. The smallest absolute Gasteiger partial charge is 0.236 e. The van der Waals surface area contributed by atoms with Crippen LogP contribution in [0, 0.1) is 5.92 Å². The van der Waals surface area contributed by atoms with Gasteiger partial charge < -0.3 is 15.7 Å². The molecular weight excluding hydrogens is 204 g/mol. The molecule has 1 aliphatic carbocycles. The van der Waals surface area contributed by atoms with E-state index in [-0.39, 0.29) is 18.1 Å². The Balaban J connectivity index is 2.07. The summed E-state index contributed by atoms with van der Waals surface area (Å²) in [6, 6.07) is -0.217. The zero-order valence-electron chi connectivity index (χ0n) is 10.3. The van der Waals surface area contributed by atoms with Crippen LogP contribution in [0.25, 0.3) is 0 Å². The predicted molar refractivity (Wildman–Crippen MR) is 64.1 cm³/mol. The number of amides is 1. The molecule has 0 spiro atoms. The van der Waals surface area contributed by atoms with Gasteiger partial charge in [-0.05, 0) is 32.1 Å². The molecule has 0 aromatic heterocycles. The minimum absolute atomic E-state index is 0.0245. The third-order valence-corrected chi connectivity index (χ3v) is 3.02. The summed E-state index contributed by atoms with van der Waals surface area (Å²) in [5, 5.41) is 15.6. The van der Waals surface area contributed by atoms with Gasteiger partial charge in [-0.1, -0.05) is 13.3 Å². The Labute approximate surface area is 97.8 Å². The normalized spacial score (nSPS) is 19.2. The molecule has 1 amide bonds. The van der Waals surface area contributed by atoms with E-state index in [0.29, 0.717) is 12.5 Å². The monoisotopic (exact) mass is 228 g/mol. The summed E-state index contributed by atoms with van der Waals surface area (Å²) in [4.78, 5) is 11.6. The SMILES string of the molecule is CCCCNC(=O)C(C)NCC(O)C1CC1. The maximum Gasteiger partial charge on any atom is 0.236 e. The Morgan fingerprint density at radius 3 is 2.75 bits per heavy atom. The van der Waals surface area contributed by atoms with Gasteiger partial charge in [0.1, 0.15) is 0 Å². The van der Waals surface area contributed by atoms with Gasteiger partial charge in [0.25, 0.3) is 0 Å². The molecule has 3 N–H and O–H groups in total. The Morgan fingerprint density at radius 1 is 1.50 bits per heavy atom. The van der Waals surface area contributed by atoms with Crippen molar-refractivity contribution in [2.24, 2.45) is 5.92 Å². The Hall–Kier alpha value is -0.610. The van der Waals surface area contributed by atoms with Crippen molar-refractivity contribution in [3.05, 3.63) is 0 Å². The fraction of sp³-hybridized carbons (Fsp3) is 0.917. The molecule has 94 valence electrons. The molecule has 1 fully saturated rings. The molecular formula is C12H24N2O2. The molecule has 0 aliphatic heterocycles. The lowest BCUT2D eigenvalue weighted by atomic mass is 10.2. The highest BCUT2D eigenvalue weighted by Crippen LogP contribution is 2.32. The van der Waals surface area contributed by atoms with Crippen molar-refractivity contribution in [1.29, 1.82) is 0 Å². The third kappa shape index (κ3) is 4.94. The van der Waals surface area contributed by atoms with Crippen molar-refractivity contribution in [1.82, 2.24) is 10.6 Å².